The van der Waals surface area contributed by atoms with Crippen molar-refractivity contribution in [1.82, 2.24) is 0 Å². The predicted octanol–water partition coefficient (Wildman–Crippen LogP) is 5.32. The van der Waals surface area contributed by atoms with E-state index >= 15 is 0 Å². The summed E-state index contributed by atoms with van der Waals surface area (Å²) in [5.41, 5.74) is 0.671. The van der Waals surface area contributed by atoms with Gasteiger partial charge in [-0.1, -0.05) is 20.4 Å². The molecule has 0 aliphatic rings. The average molecular weight is 541 g/mol. The molecule has 0 aliphatic heterocycles. The molecule has 0 amide bonds. The average Bonchev–Trinajstić information content (AvgIpc) is 2.96. The lowest BCUT2D eigenvalue weighted by Gasteiger charge is -2.10. The summed E-state index contributed by atoms with van der Waals surface area (Å²) >= 11 is 0. The molecule has 2 aromatic carbocycles. The standard InChI is InChI=1S/C30H36O9/c1-4-22(3)28(32)37-20-8-6-18-35-25-14-10-24(11-15-25)30(34)39-26-16-12-23(13-17-26)29(33)38-21-9-7-19-36-27(31)5-2/h5,10-17,22H,2,4,6-9,18-21H2,1,3H3. The van der Waals surface area contributed by atoms with Crippen LogP contribution in [0, 0.1) is 5.92 Å². The molecule has 0 saturated carbocycles. The Morgan fingerprint density at radius 2 is 1.23 bits per heavy atom. The van der Waals surface area contributed by atoms with Crippen molar-refractivity contribution in [2.75, 3.05) is 26.4 Å². The molecular weight excluding hydrogens is 504 g/mol. The van der Waals surface area contributed by atoms with E-state index in [0.29, 0.717) is 49.4 Å². The van der Waals surface area contributed by atoms with Crippen LogP contribution >= 0.6 is 0 Å². The van der Waals surface area contributed by atoms with Crippen LogP contribution in [0.15, 0.2) is 61.2 Å². The quantitative estimate of drug-likeness (QED) is 0.0864. The lowest BCUT2D eigenvalue weighted by Crippen LogP contribution is -2.15. The monoisotopic (exact) mass is 540 g/mol. The fourth-order valence-corrected chi connectivity index (χ4v) is 3.07. The molecule has 39 heavy (non-hydrogen) atoms. The minimum Gasteiger partial charge on any atom is -0.494 e. The normalized spacial score (nSPS) is 11.1. The van der Waals surface area contributed by atoms with Crippen molar-refractivity contribution in [2.45, 2.75) is 46.0 Å². The smallest absolute Gasteiger partial charge is 0.343 e. The summed E-state index contributed by atoms with van der Waals surface area (Å²) in [5.74, 6) is -0.886. The molecular formula is C30H36O9. The number of carbonyl (C=O) groups is 4. The molecule has 2 rings (SSSR count). The van der Waals surface area contributed by atoms with Crippen LogP contribution in [0.2, 0.25) is 0 Å². The summed E-state index contributed by atoms with van der Waals surface area (Å²) < 4.78 is 26.3. The first-order valence-electron chi connectivity index (χ1n) is 13.0. The minimum absolute atomic E-state index is 0.0834. The van der Waals surface area contributed by atoms with Crippen LogP contribution in [0.1, 0.15) is 66.7 Å². The van der Waals surface area contributed by atoms with E-state index in [1.165, 1.54) is 24.3 Å². The van der Waals surface area contributed by atoms with E-state index in [0.717, 1.165) is 18.9 Å². The lowest BCUT2D eigenvalue weighted by molar-refractivity contribution is -0.148. The zero-order chi connectivity index (χ0) is 28.5. The third kappa shape index (κ3) is 11.8. The van der Waals surface area contributed by atoms with Crippen LogP contribution in [0.3, 0.4) is 0 Å². The molecule has 0 aliphatic carbocycles. The van der Waals surface area contributed by atoms with Gasteiger partial charge in [0.1, 0.15) is 11.5 Å². The lowest BCUT2D eigenvalue weighted by atomic mass is 10.1. The Morgan fingerprint density at radius 1 is 0.718 bits per heavy atom. The van der Waals surface area contributed by atoms with Gasteiger partial charge in [0, 0.05) is 6.08 Å². The van der Waals surface area contributed by atoms with Gasteiger partial charge >= 0.3 is 23.9 Å². The zero-order valence-corrected chi connectivity index (χ0v) is 22.5. The number of hydrogen-bond donors (Lipinski definition) is 0. The number of benzene rings is 2. The Bertz CT molecular complexity index is 1070. The van der Waals surface area contributed by atoms with Gasteiger partial charge < -0.3 is 23.7 Å². The Kier molecular flexibility index (Phi) is 13.9. The molecule has 9 nitrogen and oxygen atoms in total. The molecule has 9 heteroatoms. The van der Waals surface area contributed by atoms with Crippen LogP contribution in [0.4, 0.5) is 0 Å². The Hall–Kier alpha value is -4.14. The van der Waals surface area contributed by atoms with Gasteiger partial charge in [-0.05, 0) is 80.6 Å². The molecule has 1 atom stereocenters. The van der Waals surface area contributed by atoms with Crippen LogP contribution in [0.5, 0.6) is 11.5 Å². The van der Waals surface area contributed by atoms with Crippen molar-refractivity contribution in [3.8, 4) is 11.5 Å². The van der Waals surface area contributed by atoms with E-state index in [1.807, 2.05) is 13.8 Å². The molecule has 0 bridgehead atoms. The molecule has 0 fully saturated rings. The summed E-state index contributed by atoms with van der Waals surface area (Å²) in [6.07, 6.45) is 4.40. The van der Waals surface area contributed by atoms with Crippen LogP contribution in [-0.4, -0.2) is 50.3 Å². The third-order valence-electron chi connectivity index (χ3n) is 5.64. The number of rotatable bonds is 17. The third-order valence-corrected chi connectivity index (χ3v) is 5.64. The first kappa shape index (κ1) is 31.1. The molecule has 0 N–H and O–H groups in total. The Labute approximate surface area is 229 Å². The van der Waals surface area contributed by atoms with Crippen molar-refractivity contribution in [3.05, 3.63) is 72.3 Å². The zero-order valence-electron chi connectivity index (χ0n) is 22.5. The van der Waals surface area contributed by atoms with Crippen molar-refractivity contribution >= 4 is 23.9 Å². The predicted molar refractivity (Wildman–Crippen MR) is 144 cm³/mol. The maximum atomic E-state index is 12.5. The molecule has 0 aromatic heterocycles. The van der Waals surface area contributed by atoms with Crippen LogP contribution < -0.4 is 9.47 Å². The van der Waals surface area contributed by atoms with Gasteiger partial charge in [0.25, 0.3) is 0 Å². The van der Waals surface area contributed by atoms with Gasteiger partial charge in [-0.25, -0.2) is 14.4 Å². The number of unbranched alkanes of at least 4 members (excludes halogenated alkanes) is 2. The maximum absolute atomic E-state index is 12.5. The summed E-state index contributed by atoms with van der Waals surface area (Å²) in [4.78, 5) is 47.2. The van der Waals surface area contributed by atoms with Gasteiger partial charge in [0.15, 0.2) is 0 Å². The highest BCUT2D eigenvalue weighted by atomic mass is 16.5. The van der Waals surface area contributed by atoms with E-state index in [2.05, 4.69) is 6.58 Å². The van der Waals surface area contributed by atoms with Gasteiger partial charge in [-0.3, -0.25) is 4.79 Å². The number of ether oxygens (including phenoxy) is 5. The molecule has 0 radical (unpaired) electrons. The number of esters is 4. The van der Waals surface area contributed by atoms with Crippen LogP contribution in [-0.2, 0) is 23.8 Å². The summed E-state index contributed by atoms with van der Waals surface area (Å²) in [7, 11) is 0. The Balaban J connectivity index is 1.67. The molecule has 0 spiro atoms. The van der Waals surface area contributed by atoms with Crippen molar-refractivity contribution < 1.29 is 42.9 Å². The van der Waals surface area contributed by atoms with E-state index in [1.54, 1.807) is 24.3 Å². The SMILES string of the molecule is C=CC(=O)OCCCCOC(=O)c1ccc(OC(=O)c2ccc(OCCCCOC(=O)C(C)CC)cc2)cc1. The minimum atomic E-state index is -0.544. The van der Waals surface area contributed by atoms with Crippen molar-refractivity contribution in [3.63, 3.8) is 0 Å². The second-order valence-electron chi connectivity index (χ2n) is 8.69. The first-order chi connectivity index (χ1) is 18.8. The second-order valence-corrected chi connectivity index (χ2v) is 8.69. The summed E-state index contributed by atoms with van der Waals surface area (Å²) in [5, 5.41) is 0. The second kappa shape index (κ2) is 17.4. The van der Waals surface area contributed by atoms with Crippen molar-refractivity contribution in [1.29, 1.82) is 0 Å². The highest BCUT2D eigenvalue weighted by Gasteiger charge is 2.12. The fraction of sp³-hybridized carbons (Fsp3) is 0.400. The van der Waals surface area contributed by atoms with Crippen molar-refractivity contribution in [2.24, 2.45) is 5.92 Å². The molecule has 210 valence electrons. The summed E-state index contributed by atoms with van der Waals surface area (Å²) in [6.45, 7) is 8.36. The van der Waals surface area contributed by atoms with Crippen LogP contribution in [0.25, 0.3) is 0 Å². The molecule has 0 saturated heterocycles. The van der Waals surface area contributed by atoms with Gasteiger partial charge in [-0.2, -0.15) is 0 Å². The number of hydrogen-bond acceptors (Lipinski definition) is 9. The highest BCUT2D eigenvalue weighted by molar-refractivity contribution is 5.92. The van der Waals surface area contributed by atoms with E-state index in [9.17, 15) is 19.2 Å². The van der Waals surface area contributed by atoms with E-state index in [4.69, 9.17) is 23.7 Å². The van der Waals surface area contributed by atoms with Gasteiger partial charge in [0.05, 0.1) is 43.5 Å². The topological polar surface area (TPSA) is 114 Å². The molecule has 1 unspecified atom stereocenters. The first-order valence-corrected chi connectivity index (χ1v) is 13.0. The van der Waals surface area contributed by atoms with Gasteiger partial charge in [0.2, 0.25) is 0 Å². The molecule has 0 heterocycles. The fourth-order valence-electron chi connectivity index (χ4n) is 3.07. The largest absolute Gasteiger partial charge is 0.494 e. The van der Waals surface area contributed by atoms with E-state index in [-0.39, 0.29) is 30.9 Å². The number of carbonyl (C=O) groups excluding carboxylic acids is 4. The summed E-state index contributed by atoms with van der Waals surface area (Å²) in [6, 6.07) is 12.6. The van der Waals surface area contributed by atoms with E-state index < -0.39 is 17.9 Å². The maximum Gasteiger partial charge on any atom is 0.343 e. The van der Waals surface area contributed by atoms with Gasteiger partial charge in [-0.15, -0.1) is 0 Å². The highest BCUT2D eigenvalue weighted by Crippen LogP contribution is 2.18. The Morgan fingerprint density at radius 3 is 1.82 bits per heavy atom. The molecule has 2 aromatic rings.